The molecule has 0 saturated heterocycles. The highest BCUT2D eigenvalue weighted by Gasteiger charge is 2.51. The fourth-order valence-electron chi connectivity index (χ4n) is 17.7. The van der Waals surface area contributed by atoms with Crippen molar-refractivity contribution in [3.8, 4) is 190 Å². The Morgan fingerprint density at radius 1 is 0.113 bits per heavy atom. The van der Waals surface area contributed by atoms with Crippen molar-refractivity contribution in [3.05, 3.63) is 465 Å². The second-order valence-corrected chi connectivity index (χ2v) is 30.1. The molecule has 0 fully saturated rings. The fourth-order valence-corrected chi connectivity index (χ4v) is 17.7. The monoisotopic (exact) mass is 1460 g/mol. The van der Waals surface area contributed by atoms with Crippen molar-refractivity contribution < 1.29 is 0 Å². The first-order valence-corrected chi connectivity index (χ1v) is 39.5. The van der Waals surface area contributed by atoms with Gasteiger partial charge in [0, 0.05) is 16.7 Å². The molecule has 2 aliphatic rings. The number of benzene rings is 18. The summed E-state index contributed by atoms with van der Waals surface area (Å²) in [6, 6.07) is 161. The molecule has 0 radical (unpaired) electrons. The highest BCUT2D eigenvalue weighted by atomic mass is 15.0. The summed E-state index contributed by atoms with van der Waals surface area (Å²) in [4.78, 5) is 16.0. The zero-order chi connectivity index (χ0) is 76.2. The minimum absolute atomic E-state index is 0.398. The Balaban J connectivity index is 0.571. The van der Waals surface area contributed by atoms with Gasteiger partial charge in [-0.25, -0.2) is 15.0 Å². The molecule has 1 aromatic heterocycles. The van der Waals surface area contributed by atoms with Gasteiger partial charge in [-0.05, 0) is 245 Å². The molecular formula is C112H73N3. The zero-order valence-corrected chi connectivity index (χ0v) is 63.0. The molecule has 0 unspecified atom stereocenters. The average Bonchev–Trinajstić information content (AvgIpc) is 1.51. The largest absolute Gasteiger partial charge is 0.208 e. The summed E-state index contributed by atoms with van der Waals surface area (Å²) >= 11 is 0. The summed E-state index contributed by atoms with van der Waals surface area (Å²) in [5.41, 5.74) is 40.6. The zero-order valence-electron chi connectivity index (χ0n) is 63.0. The van der Waals surface area contributed by atoms with Gasteiger partial charge in [-0.15, -0.1) is 0 Å². The molecule has 3 heteroatoms. The summed E-state index contributed by atoms with van der Waals surface area (Å²) in [5, 5.41) is 0. The van der Waals surface area contributed by atoms with Gasteiger partial charge in [0.2, 0.25) is 0 Å². The molecule has 2 aliphatic carbocycles. The maximum atomic E-state index is 5.33. The van der Waals surface area contributed by atoms with Crippen molar-refractivity contribution in [2.45, 2.75) is 5.41 Å². The van der Waals surface area contributed by atoms with Crippen molar-refractivity contribution >= 4 is 0 Å². The molecule has 0 N–H and O–H groups in total. The van der Waals surface area contributed by atoms with Crippen LogP contribution in [0.15, 0.2) is 443 Å². The number of rotatable bonds is 15. The predicted molar refractivity (Wildman–Crippen MR) is 478 cm³/mol. The third kappa shape index (κ3) is 12.7. The lowest BCUT2D eigenvalue weighted by molar-refractivity contribution is 0.794. The van der Waals surface area contributed by atoms with Gasteiger partial charge in [-0.1, -0.05) is 376 Å². The molecule has 19 aromatic rings. The lowest BCUT2D eigenvalue weighted by Crippen LogP contribution is -2.25. The maximum absolute atomic E-state index is 5.33. The van der Waals surface area contributed by atoms with Crippen molar-refractivity contribution in [3.63, 3.8) is 0 Å². The SMILES string of the molecule is c1ccc(-c2cccc(-c3cccc(-c4cccc(-c5ccc(-c6nc(-c7ccc(-c8cccc(-c9cccc(-c%10cccc(-c%11cccc(-c%12ccc%13c(c%12)C%12(c%14ccccc%14-c%14ccccc%14%12)c%12ccccc%12-%13)c%11)c%10)c9)c8)cc7)nc(-c7cccc(-c8cccc(-c9cccc(-c%10ccccc%10)c9)c8)c7)n6)cc5)c4)c3)c2)cc1. The van der Waals surface area contributed by atoms with Crippen LogP contribution in [0.5, 0.6) is 0 Å². The van der Waals surface area contributed by atoms with Gasteiger partial charge in [0.1, 0.15) is 0 Å². The number of nitrogens with zero attached hydrogens (tertiary/aromatic N) is 3. The first-order chi connectivity index (χ1) is 56.9. The highest BCUT2D eigenvalue weighted by molar-refractivity contribution is 5.97. The standard InChI is InChI=1S/C112H73N3/c1-3-23-74(24-4-1)80-27-13-31-84(63-80)88-35-17-36-89(67-88)86-33-15-29-82(65-86)76-53-57-78(58-54-76)109-113-110(115-111(114-109)100-46-22-45-98(72-100)96-43-20-38-91(70-96)85-32-14-28-81(64-85)75-25-5-2-6-26-75)79-59-55-77(56-60-79)83-30-16-34-87(66-83)90-37-18-39-92(68-90)93-40-19-41-94(69-93)95-42-21-44-97(71-95)99-61-62-104-103-49-9-12-52-107(103)112(108(104)73-99)105-50-10-7-47-101(105)102-48-8-11-51-106(102)112/h1-73H. The number of hydrogen-bond acceptors (Lipinski definition) is 3. The Hall–Kier alpha value is -15.0. The second-order valence-electron chi connectivity index (χ2n) is 30.1. The van der Waals surface area contributed by atoms with E-state index >= 15 is 0 Å². The van der Waals surface area contributed by atoms with E-state index in [0.29, 0.717) is 17.5 Å². The van der Waals surface area contributed by atoms with E-state index in [4.69, 9.17) is 15.0 Å². The van der Waals surface area contributed by atoms with Gasteiger partial charge in [0.05, 0.1) is 5.41 Å². The van der Waals surface area contributed by atoms with Crippen LogP contribution in [0.25, 0.3) is 190 Å². The second kappa shape index (κ2) is 29.0. The van der Waals surface area contributed by atoms with E-state index in [9.17, 15) is 0 Å². The minimum Gasteiger partial charge on any atom is -0.208 e. The normalized spacial score (nSPS) is 12.1. The third-order valence-corrected chi connectivity index (χ3v) is 23.4. The molecule has 3 nitrogen and oxygen atoms in total. The van der Waals surface area contributed by atoms with Crippen LogP contribution in [0.3, 0.4) is 0 Å². The van der Waals surface area contributed by atoms with Gasteiger partial charge in [-0.2, -0.15) is 0 Å². The van der Waals surface area contributed by atoms with Crippen LogP contribution in [0.2, 0.25) is 0 Å². The van der Waals surface area contributed by atoms with Gasteiger partial charge in [0.15, 0.2) is 17.5 Å². The fraction of sp³-hybridized carbons (Fsp3) is 0.00893. The molecule has 1 heterocycles. The summed E-state index contributed by atoms with van der Waals surface area (Å²) in [5.74, 6) is 1.77. The van der Waals surface area contributed by atoms with E-state index in [-0.39, 0.29) is 0 Å². The van der Waals surface area contributed by atoms with Crippen molar-refractivity contribution in [1.29, 1.82) is 0 Å². The van der Waals surface area contributed by atoms with Crippen molar-refractivity contribution in [2.75, 3.05) is 0 Å². The minimum atomic E-state index is -0.398. The average molecular weight is 1460 g/mol. The lowest BCUT2D eigenvalue weighted by atomic mass is 9.70. The summed E-state index contributed by atoms with van der Waals surface area (Å²) in [7, 11) is 0. The molecule has 0 amide bonds. The molecule has 0 atom stereocenters. The van der Waals surface area contributed by atoms with Crippen molar-refractivity contribution in [1.82, 2.24) is 15.0 Å². The summed E-state index contributed by atoms with van der Waals surface area (Å²) < 4.78 is 0. The summed E-state index contributed by atoms with van der Waals surface area (Å²) in [6.07, 6.45) is 0. The van der Waals surface area contributed by atoms with Crippen LogP contribution in [-0.2, 0) is 5.41 Å². The van der Waals surface area contributed by atoms with E-state index in [1.807, 2.05) is 0 Å². The van der Waals surface area contributed by atoms with E-state index in [2.05, 4.69) is 443 Å². The number of aromatic nitrogens is 3. The van der Waals surface area contributed by atoms with Crippen LogP contribution in [0, 0.1) is 0 Å². The first kappa shape index (κ1) is 68.0. The smallest absolute Gasteiger partial charge is 0.164 e. The maximum Gasteiger partial charge on any atom is 0.164 e. The molecule has 21 rings (SSSR count). The van der Waals surface area contributed by atoms with E-state index in [1.54, 1.807) is 0 Å². The number of fused-ring (bicyclic) bond motifs is 10. The number of hydrogen-bond donors (Lipinski definition) is 0. The Labute approximate surface area is 670 Å². The van der Waals surface area contributed by atoms with E-state index in [0.717, 1.165) is 94.6 Å². The molecule has 115 heavy (non-hydrogen) atoms. The van der Waals surface area contributed by atoms with Crippen LogP contribution >= 0.6 is 0 Å². The summed E-state index contributed by atoms with van der Waals surface area (Å²) in [6.45, 7) is 0. The molecule has 18 aromatic carbocycles. The van der Waals surface area contributed by atoms with Crippen LogP contribution in [0.4, 0.5) is 0 Å². The van der Waals surface area contributed by atoms with Gasteiger partial charge in [-0.3, -0.25) is 0 Å². The molecule has 0 bridgehead atoms. The molecule has 1 spiro atoms. The van der Waals surface area contributed by atoms with Gasteiger partial charge < -0.3 is 0 Å². The Bertz CT molecular complexity index is 6890. The third-order valence-electron chi connectivity index (χ3n) is 23.4. The molecule has 536 valence electrons. The molecule has 0 aliphatic heterocycles. The highest BCUT2D eigenvalue weighted by Crippen LogP contribution is 2.63. The Kier molecular flexibility index (Phi) is 17.2. The predicted octanol–water partition coefficient (Wildman–Crippen LogP) is 29.2. The molecular weight excluding hydrogens is 1390 g/mol. The molecule has 0 saturated carbocycles. The van der Waals surface area contributed by atoms with Crippen molar-refractivity contribution in [2.24, 2.45) is 0 Å². The van der Waals surface area contributed by atoms with Gasteiger partial charge >= 0.3 is 0 Å². The lowest BCUT2D eigenvalue weighted by Gasteiger charge is -2.30. The van der Waals surface area contributed by atoms with Crippen LogP contribution in [0.1, 0.15) is 22.3 Å². The first-order valence-electron chi connectivity index (χ1n) is 39.5. The Morgan fingerprint density at radius 2 is 0.287 bits per heavy atom. The van der Waals surface area contributed by atoms with Gasteiger partial charge in [0.25, 0.3) is 0 Å². The van der Waals surface area contributed by atoms with E-state index in [1.165, 1.54) is 100 Å². The van der Waals surface area contributed by atoms with Crippen LogP contribution in [-0.4, -0.2) is 15.0 Å². The van der Waals surface area contributed by atoms with E-state index < -0.39 is 5.41 Å². The van der Waals surface area contributed by atoms with Crippen LogP contribution < -0.4 is 0 Å². The quantitative estimate of drug-likeness (QED) is 0.103. The topological polar surface area (TPSA) is 38.7 Å². The Morgan fingerprint density at radius 3 is 0.565 bits per heavy atom.